The number of alkyl halides is 2. The average molecular weight is 254 g/mol. The molecule has 0 saturated carbocycles. The summed E-state index contributed by atoms with van der Waals surface area (Å²) in [5.74, 6) is 0. The molecule has 1 aliphatic carbocycles. The number of rotatable bonds is 3. The molecule has 9 heteroatoms. The van der Waals surface area contributed by atoms with E-state index in [1.807, 2.05) is 0 Å². The Bertz CT molecular complexity index is 471. The van der Waals surface area contributed by atoms with Crippen LogP contribution < -0.4 is 5.14 Å². The molecule has 1 unspecified atom stereocenters. The largest absolute Gasteiger partial charge is 0.267 e. The van der Waals surface area contributed by atoms with Crippen LogP contribution in [0.2, 0.25) is 0 Å². The summed E-state index contributed by atoms with van der Waals surface area (Å²) in [4.78, 5) is 9.45. The predicted molar refractivity (Wildman–Crippen MR) is 50.7 cm³/mol. The maximum atomic E-state index is 12.7. The highest BCUT2D eigenvalue weighted by Gasteiger charge is 2.50. The fourth-order valence-electron chi connectivity index (χ4n) is 1.31. The van der Waals surface area contributed by atoms with Crippen LogP contribution in [0.15, 0.2) is 23.9 Å². The molecule has 1 aliphatic rings. The second kappa shape index (κ2) is 3.91. The fraction of sp³-hybridized carbons (Fsp3) is 0.429. The van der Waals surface area contributed by atoms with E-state index in [0.29, 0.717) is 6.08 Å². The van der Waals surface area contributed by atoms with Gasteiger partial charge in [-0.3, -0.25) is 10.1 Å². The molecular weight excluding hydrogens is 246 g/mol. The first-order chi connectivity index (χ1) is 7.21. The quantitative estimate of drug-likeness (QED) is 0.581. The standard InChI is InChI=1S/C7H8F2N2O4S/c8-6(9)7(16(10,14)15)3-1-2-5(4-7)11(12)13/h1-2,4,6H,3H2,(H2,10,14,15). The molecule has 0 aromatic rings. The highest BCUT2D eigenvalue weighted by atomic mass is 32.2. The SMILES string of the molecule is NS(=O)(=O)C1(C(F)F)C=C([N+](=O)[O-])C=CC1. The lowest BCUT2D eigenvalue weighted by molar-refractivity contribution is -0.419. The summed E-state index contributed by atoms with van der Waals surface area (Å²) in [5.41, 5.74) is -0.708. The van der Waals surface area contributed by atoms with Crippen molar-refractivity contribution in [1.29, 1.82) is 0 Å². The number of nitrogens with two attached hydrogens (primary N) is 1. The van der Waals surface area contributed by atoms with Gasteiger partial charge in [-0.1, -0.05) is 6.08 Å². The molecule has 0 aromatic carbocycles. The Kier molecular flexibility index (Phi) is 3.10. The van der Waals surface area contributed by atoms with Crippen LogP contribution in [-0.2, 0) is 10.0 Å². The van der Waals surface area contributed by atoms with Gasteiger partial charge in [-0.2, -0.15) is 0 Å². The molecule has 0 heterocycles. The minimum atomic E-state index is -4.64. The highest BCUT2D eigenvalue weighted by Crippen LogP contribution is 2.34. The van der Waals surface area contributed by atoms with Gasteiger partial charge < -0.3 is 0 Å². The molecule has 0 fully saturated rings. The third-order valence-corrected chi connectivity index (χ3v) is 3.75. The molecule has 16 heavy (non-hydrogen) atoms. The topological polar surface area (TPSA) is 103 Å². The molecule has 0 spiro atoms. The molecular formula is C7H8F2N2O4S. The van der Waals surface area contributed by atoms with Gasteiger partial charge >= 0.3 is 0 Å². The predicted octanol–water partition coefficient (Wildman–Crippen LogP) is 0.399. The van der Waals surface area contributed by atoms with Gasteiger partial charge in [0.1, 0.15) is 0 Å². The van der Waals surface area contributed by atoms with Gasteiger partial charge in [-0.25, -0.2) is 22.3 Å². The van der Waals surface area contributed by atoms with Crippen molar-refractivity contribution in [1.82, 2.24) is 0 Å². The zero-order valence-corrected chi connectivity index (χ0v) is 8.65. The Morgan fingerprint density at radius 3 is 2.50 bits per heavy atom. The number of halogens is 2. The lowest BCUT2D eigenvalue weighted by atomic mass is 9.99. The Morgan fingerprint density at radius 1 is 1.56 bits per heavy atom. The van der Waals surface area contributed by atoms with E-state index in [-0.39, 0.29) is 0 Å². The number of primary sulfonamides is 1. The molecule has 1 rings (SSSR count). The molecule has 6 nitrogen and oxygen atoms in total. The molecule has 1 atom stereocenters. The molecule has 90 valence electrons. The summed E-state index contributed by atoms with van der Waals surface area (Å²) in [7, 11) is -4.64. The van der Waals surface area contributed by atoms with E-state index in [1.165, 1.54) is 0 Å². The van der Waals surface area contributed by atoms with Crippen LogP contribution in [0.5, 0.6) is 0 Å². The van der Waals surface area contributed by atoms with Gasteiger partial charge in [0, 0.05) is 12.2 Å². The fourth-order valence-corrected chi connectivity index (χ4v) is 2.17. The third-order valence-electron chi connectivity index (χ3n) is 2.23. The van der Waals surface area contributed by atoms with Gasteiger partial charge in [0.15, 0.2) is 4.75 Å². The van der Waals surface area contributed by atoms with Crippen LogP contribution in [0.4, 0.5) is 8.78 Å². The molecule has 0 bridgehead atoms. The van der Waals surface area contributed by atoms with Crippen LogP contribution in [0.3, 0.4) is 0 Å². The van der Waals surface area contributed by atoms with Crippen LogP contribution >= 0.6 is 0 Å². The van der Waals surface area contributed by atoms with E-state index < -0.39 is 38.2 Å². The molecule has 0 aromatic heterocycles. The van der Waals surface area contributed by atoms with E-state index in [2.05, 4.69) is 0 Å². The van der Waals surface area contributed by atoms with E-state index in [4.69, 9.17) is 5.14 Å². The van der Waals surface area contributed by atoms with Crippen LogP contribution in [0, 0.1) is 10.1 Å². The van der Waals surface area contributed by atoms with Gasteiger partial charge in [-0.15, -0.1) is 0 Å². The second-order valence-corrected chi connectivity index (χ2v) is 5.08. The average Bonchev–Trinajstić information content (AvgIpc) is 2.15. The van der Waals surface area contributed by atoms with E-state index in [0.717, 1.165) is 12.2 Å². The normalized spacial score (nSPS) is 25.6. The van der Waals surface area contributed by atoms with Gasteiger partial charge in [0.05, 0.1) is 4.92 Å². The number of hydrogen-bond acceptors (Lipinski definition) is 4. The minimum absolute atomic E-state index is 0.396. The van der Waals surface area contributed by atoms with Crippen molar-refractivity contribution in [3.63, 3.8) is 0 Å². The second-order valence-electron chi connectivity index (χ2n) is 3.23. The molecule has 2 N–H and O–H groups in total. The lowest BCUT2D eigenvalue weighted by Crippen LogP contribution is -2.48. The first-order valence-electron chi connectivity index (χ1n) is 4.05. The maximum Gasteiger partial charge on any atom is 0.267 e. The van der Waals surface area contributed by atoms with Gasteiger partial charge in [-0.05, 0) is 6.42 Å². The Labute approximate surface area is 89.6 Å². The van der Waals surface area contributed by atoms with Crippen molar-refractivity contribution in [2.75, 3.05) is 0 Å². The van der Waals surface area contributed by atoms with Crippen molar-refractivity contribution < 1.29 is 22.1 Å². The minimum Gasteiger partial charge on any atom is -0.258 e. The maximum absolute atomic E-state index is 12.7. The summed E-state index contributed by atoms with van der Waals surface area (Å²) in [6.45, 7) is 0. The number of allylic oxidation sites excluding steroid dienone is 2. The zero-order valence-electron chi connectivity index (χ0n) is 7.84. The highest BCUT2D eigenvalue weighted by molar-refractivity contribution is 7.90. The smallest absolute Gasteiger partial charge is 0.258 e. The first-order valence-corrected chi connectivity index (χ1v) is 5.59. The third kappa shape index (κ3) is 1.95. The van der Waals surface area contributed by atoms with Crippen molar-refractivity contribution in [3.05, 3.63) is 34.0 Å². The summed E-state index contributed by atoms with van der Waals surface area (Å²) >= 11 is 0. The van der Waals surface area contributed by atoms with Crippen molar-refractivity contribution in [2.45, 2.75) is 17.6 Å². The van der Waals surface area contributed by atoms with Crippen molar-refractivity contribution >= 4 is 10.0 Å². The summed E-state index contributed by atoms with van der Waals surface area (Å²) in [5, 5.41) is 15.1. The monoisotopic (exact) mass is 254 g/mol. The molecule has 0 aliphatic heterocycles. The number of sulfonamides is 1. The first kappa shape index (κ1) is 12.7. The van der Waals surface area contributed by atoms with Crippen molar-refractivity contribution in [3.8, 4) is 0 Å². The lowest BCUT2D eigenvalue weighted by Gasteiger charge is -2.27. The summed E-state index contributed by atoms with van der Waals surface area (Å²) in [6.07, 6.45) is -1.56. The Hall–Kier alpha value is -1.35. The number of hydrogen-bond donors (Lipinski definition) is 1. The summed E-state index contributed by atoms with van der Waals surface area (Å²) < 4.78 is 45.0. The van der Waals surface area contributed by atoms with Crippen LogP contribution in [-0.4, -0.2) is 24.5 Å². The molecule has 0 amide bonds. The number of nitro groups is 1. The van der Waals surface area contributed by atoms with E-state index in [9.17, 15) is 27.3 Å². The van der Waals surface area contributed by atoms with Crippen LogP contribution in [0.25, 0.3) is 0 Å². The molecule has 0 radical (unpaired) electrons. The van der Waals surface area contributed by atoms with Gasteiger partial charge in [0.25, 0.3) is 12.1 Å². The zero-order chi connectivity index (χ0) is 12.6. The van der Waals surface area contributed by atoms with E-state index >= 15 is 0 Å². The summed E-state index contributed by atoms with van der Waals surface area (Å²) in [6, 6.07) is 0. The van der Waals surface area contributed by atoms with Crippen LogP contribution in [0.1, 0.15) is 6.42 Å². The number of nitrogens with zero attached hydrogens (tertiary/aromatic N) is 1. The Balaban J connectivity index is 3.37. The van der Waals surface area contributed by atoms with Gasteiger partial charge in [0.2, 0.25) is 10.0 Å². The Morgan fingerprint density at radius 2 is 2.12 bits per heavy atom. The molecule has 0 saturated heterocycles. The van der Waals surface area contributed by atoms with Crippen molar-refractivity contribution in [2.24, 2.45) is 5.14 Å². The van der Waals surface area contributed by atoms with E-state index in [1.54, 1.807) is 0 Å².